The van der Waals surface area contributed by atoms with Crippen LogP contribution in [-0.4, -0.2) is 18.0 Å². The molecule has 0 spiro atoms. The van der Waals surface area contributed by atoms with Gasteiger partial charge in [-0.3, -0.25) is 9.78 Å². The number of carbonyl (C=O) groups excluding carboxylic acids is 1. The SMILES string of the molecule is COc1cc(C(=O)NCc2cccnc2)ccc1-c1ccccc1. The lowest BCUT2D eigenvalue weighted by Gasteiger charge is -2.11. The normalized spacial score (nSPS) is 10.2. The molecule has 1 amide bonds. The maximum atomic E-state index is 12.3. The summed E-state index contributed by atoms with van der Waals surface area (Å²) < 4.78 is 5.46. The highest BCUT2D eigenvalue weighted by atomic mass is 16.5. The molecule has 3 aromatic rings. The number of carbonyl (C=O) groups is 1. The molecule has 4 heteroatoms. The molecule has 0 aliphatic heterocycles. The summed E-state index contributed by atoms with van der Waals surface area (Å²) in [5, 5.41) is 2.89. The molecule has 2 aromatic carbocycles. The van der Waals surface area contributed by atoms with Crippen molar-refractivity contribution in [1.82, 2.24) is 10.3 Å². The van der Waals surface area contributed by atoms with Gasteiger partial charge in [-0.2, -0.15) is 0 Å². The summed E-state index contributed by atoms with van der Waals surface area (Å²) in [6.45, 7) is 0.440. The average Bonchev–Trinajstić information content (AvgIpc) is 2.67. The molecule has 0 unspecified atom stereocenters. The van der Waals surface area contributed by atoms with Gasteiger partial charge in [0.1, 0.15) is 5.75 Å². The molecule has 1 aromatic heterocycles. The zero-order valence-electron chi connectivity index (χ0n) is 13.4. The van der Waals surface area contributed by atoms with E-state index in [9.17, 15) is 4.79 Å². The van der Waals surface area contributed by atoms with Crippen LogP contribution in [0.2, 0.25) is 0 Å². The minimum absolute atomic E-state index is 0.142. The van der Waals surface area contributed by atoms with Crippen molar-refractivity contribution in [1.29, 1.82) is 0 Å². The molecule has 1 N–H and O–H groups in total. The number of aromatic nitrogens is 1. The van der Waals surface area contributed by atoms with Gasteiger partial charge in [-0.25, -0.2) is 0 Å². The van der Waals surface area contributed by atoms with Gasteiger partial charge < -0.3 is 10.1 Å². The van der Waals surface area contributed by atoms with Gasteiger partial charge in [-0.15, -0.1) is 0 Å². The number of hydrogen-bond donors (Lipinski definition) is 1. The molecule has 0 saturated carbocycles. The zero-order valence-corrected chi connectivity index (χ0v) is 13.4. The number of nitrogens with one attached hydrogen (secondary N) is 1. The molecule has 0 radical (unpaired) electrons. The second-order valence-corrected chi connectivity index (χ2v) is 5.33. The highest BCUT2D eigenvalue weighted by Gasteiger charge is 2.11. The van der Waals surface area contributed by atoms with E-state index in [0.717, 1.165) is 16.7 Å². The fraction of sp³-hybridized carbons (Fsp3) is 0.100. The van der Waals surface area contributed by atoms with E-state index in [1.165, 1.54) is 0 Å². The van der Waals surface area contributed by atoms with Crippen LogP contribution in [0.15, 0.2) is 73.1 Å². The Balaban J connectivity index is 1.78. The van der Waals surface area contributed by atoms with E-state index in [1.807, 2.05) is 54.6 Å². The van der Waals surface area contributed by atoms with Crippen LogP contribution < -0.4 is 10.1 Å². The van der Waals surface area contributed by atoms with Crippen molar-refractivity contribution in [2.45, 2.75) is 6.54 Å². The van der Waals surface area contributed by atoms with Crippen molar-refractivity contribution in [3.8, 4) is 16.9 Å². The summed E-state index contributed by atoms with van der Waals surface area (Å²) in [5.74, 6) is 0.534. The van der Waals surface area contributed by atoms with Crippen molar-refractivity contribution < 1.29 is 9.53 Å². The molecule has 0 bridgehead atoms. The van der Waals surface area contributed by atoms with Crippen LogP contribution in [0.1, 0.15) is 15.9 Å². The molecule has 4 nitrogen and oxygen atoms in total. The molecule has 0 saturated heterocycles. The predicted molar refractivity (Wildman–Crippen MR) is 93.8 cm³/mol. The number of benzene rings is 2. The molecular formula is C20H18N2O2. The van der Waals surface area contributed by atoms with Gasteiger partial charge in [0.05, 0.1) is 7.11 Å². The van der Waals surface area contributed by atoms with Gasteiger partial charge in [-0.05, 0) is 35.4 Å². The lowest BCUT2D eigenvalue weighted by atomic mass is 10.0. The van der Waals surface area contributed by atoms with Crippen molar-refractivity contribution in [2.24, 2.45) is 0 Å². The number of rotatable bonds is 5. The number of amides is 1. The lowest BCUT2D eigenvalue weighted by Crippen LogP contribution is -2.22. The molecule has 120 valence electrons. The minimum Gasteiger partial charge on any atom is -0.496 e. The van der Waals surface area contributed by atoms with Gasteiger partial charge >= 0.3 is 0 Å². The van der Waals surface area contributed by atoms with Gasteiger partial charge in [0.2, 0.25) is 0 Å². The second kappa shape index (κ2) is 7.42. The Labute approximate surface area is 141 Å². The number of hydrogen-bond acceptors (Lipinski definition) is 3. The molecule has 0 atom stereocenters. The zero-order chi connectivity index (χ0) is 16.8. The van der Waals surface area contributed by atoms with Crippen LogP contribution in [0.3, 0.4) is 0 Å². The summed E-state index contributed by atoms with van der Waals surface area (Å²) >= 11 is 0. The van der Waals surface area contributed by atoms with E-state index in [1.54, 1.807) is 25.6 Å². The van der Waals surface area contributed by atoms with Crippen LogP contribution in [0, 0.1) is 0 Å². The third-order valence-electron chi connectivity index (χ3n) is 3.72. The topological polar surface area (TPSA) is 51.2 Å². The molecular weight excluding hydrogens is 300 g/mol. The number of methoxy groups -OCH3 is 1. The molecule has 0 aliphatic carbocycles. The first kappa shape index (κ1) is 15.7. The first-order chi connectivity index (χ1) is 11.8. The summed E-state index contributed by atoms with van der Waals surface area (Å²) in [6.07, 6.45) is 3.44. The Kier molecular flexibility index (Phi) is 4.87. The van der Waals surface area contributed by atoms with Crippen molar-refractivity contribution >= 4 is 5.91 Å². The maximum Gasteiger partial charge on any atom is 0.251 e. The maximum absolute atomic E-state index is 12.3. The van der Waals surface area contributed by atoms with Crippen molar-refractivity contribution in [2.75, 3.05) is 7.11 Å². The molecule has 24 heavy (non-hydrogen) atoms. The van der Waals surface area contributed by atoms with Crippen LogP contribution >= 0.6 is 0 Å². The van der Waals surface area contributed by atoms with Gasteiger partial charge in [-0.1, -0.05) is 36.4 Å². The Morgan fingerprint density at radius 2 is 1.92 bits per heavy atom. The van der Waals surface area contributed by atoms with Crippen molar-refractivity contribution in [3.63, 3.8) is 0 Å². The van der Waals surface area contributed by atoms with E-state index in [0.29, 0.717) is 17.9 Å². The van der Waals surface area contributed by atoms with Crippen LogP contribution in [0.25, 0.3) is 11.1 Å². The quantitative estimate of drug-likeness (QED) is 0.780. The highest BCUT2D eigenvalue weighted by molar-refractivity contribution is 5.95. The third kappa shape index (κ3) is 3.60. The minimum atomic E-state index is -0.142. The Morgan fingerprint density at radius 1 is 1.08 bits per heavy atom. The first-order valence-electron chi connectivity index (χ1n) is 7.68. The summed E-state index contributed by atoms with van der Waals surface area (Å²) in [6, 6.07) is 19.2. The first-order valence-corrected chi connectivity index (χ1v) is 7.68. The van der Waals surface area contributed by atoms with E-state index < -0.39 is 0 Å². The third-order valence-corrected chi connectivity index (χ3v) is 3.72. The Hall–Kier alpha value is -3.14. The molecule has 1 heterocycles. The van der Waals surface area contributed by atoms with E-state index in [4.69, 9.17) is 4.74 Å². The Morgan fingerprint density at radius 3 is 2.62 bits per heavy atom. The fourth-order valence-electron chi connectivity index (χ4n) is 2.48. The smallest absolute Gasteiger partial charge is 0.251 e. The van der Waals surface area contributed by atoms with Gasteiger partial charge in [0.25, 0.3) is 5.91 Å². The molecule has 0 aliphatic rings. The lowest BCUT2D eigenvalue weighted by molar-refractivity contribution is 0.0950. The largest absolute Gasteiger partial charge is 0.496 e. The monoisotopic (exact) mass is 318 g/mol. The fourth-order valence-corrected chi connectivity index (χ4v) is 2.48. The van der Waals surface area contributed by atoms with Gasteiger partial charge in [0.15, 0.2) is 0 Å². The predicted octanol–water partition coefficient (Wildman–Crippen LogP) is 3.69. The van der Waals surface area contributed by atoms with Crippen molar-refractivity contribution in [3.05, 3.63) is 84.2 Å². The van der Waals surface area contributed by atoms with E-state index in [2.05, 4.69) is 10.3 Å². The van der Waals surface area contributed by atoms with Crippen LogP contribution in [0.5, 0.6) is 5.75 Å². The summed E-state index contributed by atoms with van der Waals surface area (Å²) in [4.78, 5) is 16.4. The summed E-state index contributed by atoms with van der Waals surface area (Å²) in [5.41, 5.74) is 3.53. The average molecular weight is 318 g/mol. The molecule has 0 fully saturated rings. The molecule has 3 rings (SSSR count). The number of nitrogens with zero attached hydrogens (tertiary/aromatic N) is 1. The summed E-state index contributed by atoms with van der Waals surface area (Å²) in [7, 11) is 1.61. The number of ether oxygens (including phenoxy) is 1. The highest BCUT2D eigenvalue weighted by Crippen LogP contribution is 2.30. The van der Waals surface area contributed by atoms with Crippen LogP contribution in [0.4, 0.5) is 0 Å². The van der Waals surface area contributed by atoms with Crippen LogP contribution in [-0.2, 0) is 6.54 Å². The number of pyridine rings is 1. The second-order valence-electron chi connectivity index (χ2n) is 5.33. The van der Waals surface area contributed by atoms with Gasteiger partial charge in [0, 0.05) is 30.1 Å². The van der Waals surface area contributed by atoms with E-state index >= 15 is 0 Å². The Bertz CT molecular complexity index is 818. The van der Waals surface area contributed by atoms with E-state index in [-0.39, 0.29) is 5.91 Å². The standard InChI is InChI=1S/C20H18N2O2/c1-24-19-12-17(9-10-18(19)16-7-3-2-4-8-16)20(23)22-14-15-6-5-11-21-13-15/h2-13H,14H2,1H3,(H,22,23).